The molecule has 4 nitrogen and oxygen atoms in total. The number of halogens is 3. The minimum absolute atomic E-state index is 0.0263. The minimum Gasteiger partial charge on any atom is -0.337 e. The molecule has 7 heteroatoms. The predicted octanol–water partition coefficient (Wildman–Crippen LogP) is 3.18. The third-order valence-electron chi connectivity index (χ3n) is 3.27. The summed E-state index contributed by atoms with van der Waals surface area (Å²) < 4.78 is 43.9. The maximum Gasteiger partial charge on any atom is 0.417 e. The highest BCUT2D eigenvalue weighted by molar-refractivity contribution is 5.60. The molecule has 0 spiro atoms. The second kappa shape index (κ2) is 4.90. The van der Waals surface area contributed by atoms with E-state index in [1.165, 1.54) is 18.2 Å². The molecule has 1 saturated heterocycles. The van der Waals surface area contributed by atoms with Crippen LogP contribution in [0.3, 0.4) is 0 Å². The highest BCUT2D eigenvalue weighted by Gasteiger charge is 2.35. The Morgan fingerprint density at radius 1 is 1.25 bits per heavy atom. The van der Waals surface area contributed by atoms with Gasteiger partial charge >= 0.3 is 6.18 Å². The molecule has 1 N–H and O–H groups in total. The average molecular weight is 283 g/mol. The Balaban J connectivity index is 1.97. The van der Waals surface area contributed by atoms with Crippen LogP contribution in [0.5, 0.6) is 0 Å². The highest BCUT2D eigenvalue weighted by Crippen LogP contribution is 2.36. The number of nitrogens with one attached hydrogen (secondary N) is 1. The summed E-state index contributed by atoms with van der Waals surface area (Å²) in [5, 5.41) is 6.84. The number of alkyl halides is 3. The van der Waals surface area contributed by atoms with Crippen molar-refractivity contribution in [3.8, 4) is 11.4 Å². The van der Waals surface area contributed by atoms with Crippen LogP contribution >= 0.6 is 0 Å². The van der Waals surface area contributed by atoms with Gasteiger partial charge in [-0.3, -0.25) is 0 Å². The molecule has 1 aromatic carbocycles. The lowest BCUT2D eigenvalue weighted by Gasteiger charge is -2.09. The van der Waals surface area contributed by atoms with E-state index in [2.05, 4.69) is 15.5 Å². The topological polar surface area (TPSA) is 51.0 Å². The van der Waals surface area contributed by atoms with Crippen molar-refractivity contribution in [2.45, 2.75) is 25.1 Å². The third kappa shape index (κ3) is 2.40. The molecule has 0 saturated carbocycles. The van der Waals surface area contributed by atoms with Crippen LogP contribution < -0.4 is 5.32 Å². The minimum atomic E-state index is -4.44. The van der Waals surface area contributed by atoms with E-state index >= 15 is 0 Å². The van der Waals surface area contributed by atoms with Gasteiger partial charge in [-0.05, 0) is 25.5 Å². The Morgan fingerprint density at radius 3 is 2.75 bits per heavy atom. The molecule has 1 fully saturated rings. The second-order valence-corrected chi connectivity index (χ2v) is 4.65. The van der Waals surface area contributed by atoms with Gasteiger partial charge in [0.15, 0.2) is 0 Å². The summed E-state index contributed by atoms with van der Waals surface area (Å²) in [6.45, 7) is 0.849. The van der Waals surface area contributed by atoms with Crippen molar-refractivity contribution in [3.63, 3.8) is 0 Å². The molecule has 2 aromatic rings. The van der Waals surface area contributed by atoms with E-state index in [9.17, 15) is 13.2 Å². The van der Waals surface area contributed by atoms with E-state index in [1.54, 1.807) is 0 Å². The van der Waals surface area contributed by atoms with E-state index in [4.69, 9.17) is 4.52 Å². The van der Waals surface area contributed by atoms with Crippen LogP contribution in [-0.4, -0.2) is 16.7 Å². The lowest BCUT2D eigenvalue weighted by Crippen LogP contribution is -2.13. The molecule has 20 heavy (non-hydrogen) atoms. The fourth-order valence-corrected chi connectivity index (χ4v) is 2.31. The first-order valence-electron chi connectivity index (χ1n) is 6.29. The van der Waals surface area contributed by atoms with Crippen molar-refractivity contribution in [1.29, 1.82) is 0 Å². The molecule has 0 radical (unpaired) electrons. The number of rotatable bonds is 2. The summed E-state index contributed by atoms with van der Waals surface area (Å²) in [6.07, 6.45) is -2.60. The van der Waals surface area contributed by atoms with Crippen molar-refractivity contribution >= 4 is 0 Å². The predicted molar refractivity (Wildman–Crippen MR) is 64.7 cm³/mol. The van der Waals surface area contributed by atoms with Gasteiger partial charge in [0.1, 0.15) is 0 Å². The molecule has 1 aliphatic rings. The number of hydrogen-bond acceptors (Lipinski definition) is 4. The van der Waals surface area contributed by atoms with E-state index in [-0.39, 0.29) is 17.4 Å². The van der Waals surface area contributed by atoms with Crippen LogP contribution in [0.25, 0.3) is 11.4 Å². The first kappa shape index (κ1) is 13.1. The largest absolute Gasteiger partial charge is 0.417 e. The molecular formula is C13H12F3N3O. The lowest BCUT2D eigenvalue weighted by atomic mass is 10.1. The van der Waals surface area contributed by atoms with Gasteiger partial charge in [-0.1, -0.05) is 23.4 Å². The molecule has 1 aliphatic heterocycles. The number of hydrogen-bond donors (Lipinski definition) is 1. The molecule has 0 amide bonds. The molecule has 106 valence electrons. The molecular weight excluding hydrogens is 271 g/mol. The van der Waals surface area contributed by atoms with Gasteiger partial charge in [-0.15, -0.1) is 0 Å². The summed E-state index contributed by atoms with van der Waals surface area (Å²) in [6, 6.07) is 5.16. The molecule has 3 rings (SSSR count). The molecule has 2 heterocycles. The summed E-state index contributed by atoms with van der Waals surface area (Å²) >= 11 is 0. The zero-order valence-corrected chi connectivity index (χ0v) is 10.4. The number of benzene rings is 1. The molecule has 0 aliphatic carbocycles. The third-order valence-corrected chi connectivity index (χ3v) is 3.27. The van der Waals surface area contributed by atoms with Gasteiger partial charge in [0.2, 0.25) is 11.7 Å². The van der Waals surface area contributed by atoms with E-state index < -0.39 is 11.7 Å². The van der Waals surface area contributed by atoms with Gasteiger partial charge < -0.3 is 9.84 Å². The Kier molecular flexibility index (Phi) is 3.21. The van der Waals surface area contributed by atoms with Crippen molar-refractivity contribution in [2.75, 3.05) is 6.54 Å². The number of nitrogens with zero attached hydrogens (tertiary/aromatic N) is 2. The summed E-state index contributed by atoms with van der Waals surface area (Å²) in [7, 11) is 0. The Morgan fingerprint density at radius 2 is 2.05 bits per heavy atom. The Labute approximate surface area is 113 Å². The standard InChI is InChI=1S/C13H12F3N3O/c14-13(15,16)9-5-2-1-4-8(9)11-18-12(20-19-11)10-6-3-7-17-10/h1-2,4-5,10,17H,3,6-7H2. The van der Waals surface area contributed by atoms with E-state index in [0.717, 1.165) is 25.5 Å². The summed E-state index contributed by atoms with van der Waals surface area (Å²) in [5.74, 6) is 0.316. The van der Waals surface area contributed by atoms with Crippen LogP contribution in [0, 0.1) is 0 Å². The fourth-order valence-electron chi connectivity index (χ4n) is 2.31. The van der Waals surface area contributed by atoms with Crippen LogP contribution in [0.2, 0.25) is 0 Å². The maximum atomic E-state index is 12.9. The Hall–Kier alpha value is -1.89. The average Bonchev–Trinajstić information content (AvgIpc) is 3.09. The van der Waals surface area contributed by atoms with Crippen molar-refractivity contribution in [1.82, 2.24) is 15.5 Å². The molecule has 0 bridgehead atoms. The van der Waals surface area contributed by atoms with Crippen LogP contribution in [-0.2, 0) is 6.18 Å². The van der Waals surface area contributed by atoms with Crippen molar-refractivity contribution < 1.29 is 17.7 Å². The fraction of sp³-hybridized carbons (Fsp3) is 0.385. The second-order valence-electron chi connectivity index (χ2n) is 4.65. The normalized spacial score (nSPS) is 19.4. The number of aromatic nitrogens is 2. The zero-order valence-electron chi connectivity index (χ0n) is 10.4. The van der Waals surface area contributed by atoms with Crippen molar-refractivity contribution in [2.24, 2.45) is 0 Å². The van der Waals surface area contributed by atoms with Crippen LogP contribution in [0.4, 0.5) is 13.2 Å². The van der Waals surface area contributed by atoms with Gasteiger partial charge in [0.05, 0.1) is 11.6 Å². The Bertz CT molecular complexity index is 603. The monoisotopic (exact) mass is 283 g/mol. The first-order chi connectivity index (χ1) is 9.55. The first-order valence-corrected chi connectivity index (χ1v) is 6.29. The van der Waals surface area contributed by atoms with E-state index in [1.807, 2.05) is 0 Å². The summed E-state index contributed by atoms with van der Waals surface area (Å²) in [5.41, 5.74) is -0.820. The smallest absolute Gasteiger partial charge is 0.337 e. The van der Waals surface area contributed by atoms with Crippen molar-refractivity contribution in [3.05, 3.63) is 35.7 Å². The van der Waals surface area contributed by atoms with Gasteiger partial charge in [0, 0.05) is 5.56 Å². The molecule has 1 unspecified atom stereocenters. The van der Waals surface area contributed by atoms with Crippen LogP contribution in [0.15, 0.2) is 28.8 Å². The van der Waals surface area contributed by atoms with Gasteiger partial charge in [-0.25, -0.2) is 0 Å². The quantitative estimate of drug-likeness (QED) is 0.919. The van der Waals surface area contributed by atoms with Gasteiger partial charge in [-0.2, -0.15) is 18.2 Å². The highest BCUT2D eigenvalue weighted by atomic mass is 19.4. The lowest BCUT2D eigenvalue weighted by molar-refractivity contribution is -0.137. The van der Waals surface area contributed by atoms with Gasteiger partial charge in [0.25, 0.3) is 0 Å². The van der Waals surface area contributed by atoms with E-state index in [0.29, 0.717) is 5.89 Å². The molecule has 1 aromatic heterocycles. The summed E-state index contributed by atoms with van der Waals surface area (Å²) in [4.78, 5) is 4.10. The SMILES string of the molecule is FC(F)(F)c1ccccc1-c1noc(C2CCCN2)n1. The maximum absolute atomic E-state index is 12.9. The molecule has 1 atom stereocenters. The zero-order chi connectivity index (χ0) is 14.2. The van der Waals surface area contributed by atoms with Crippen LogP contribution in [0.1, 0.15) is 30.3 Å².